The SMILES string of the molecule is N#CCCCCn1cc(-c2cccc(OCCCCOc3cc(OCCCCOc4cccc(-c5cn(CCCCC#N)nn5)c4)cc(OCCCCOc4cccc(-c5cn(CCCCC#N)nn5)c4)c3)c2)nn1. The van der Waals surface area contributed by atoms with E-state index >= 15 is 0 Å². The molecule has 18 nitrogen and oxygen atoms in total. The standard InChI is InChI=1S/C57H66N12O6/c58-25-4-1-7-28-67-43-55(61-64-67)46-19-16-22-49(37-46)70-31-10-13-34-73-52-40-53(74-35-14-11-32-71-50-23-17-20-47(38-50)56-44-68(65-62-56)29-8-2-5-26-59)42-54(41-52)75-36-15-12-33-72-51-24-18-21-48(39-51)57-45-69(66-63-57)30-9-3-6-27-60/h16-24,37-45H,1-15,28-36H2. The molecule has 0 fully saturated rings. The van der Waals surface area contributed by atoms with Crippen molar-refractivity contribution < 1.29 is 28.4 Å². The summed E-state index contributed by atoms with van der Waals surface area (Å²) >= 11 is 0. The van der Waals surface area contributed by atoms with Gasteiger partial charge in [0.1, 0.15) is 51.6 Å². The summed E-state index contributed by atoms with van der Waals surface area (Å²) in [5.74, 6) is 4.29. The van der Waals surface area contributed by atoms with E-state index in [-0.39, 0.29) is 0 Å². The van der Waals surface area contributed by atoms with E-state index in [2.05, 4.69) is 49.1 Å². The molecule has 0 N–H and O–H groups in total. The first-order valence-electron chi connectivity index (χ1n) is 26.1. The number of aryl methyl sites for hydroxylation is 3. The molecule has 18 heteroatoms. The smallest absolute Gasteiger partial charge is 0.126 e. The summed E-state index contributed by atoms with van der Waals surface area (Å²) in [7, 11) is 0. The third-order valence-electron chi connectivity index (χ3n) is 11.9. The molecule has 0 unspecified atom stereocenters. The maximum Gasteiger partial charge on any atom is 0.126 e. The Labute approximate surface area is 439 Å². The van der Waals surface area contributed by atoms with Crippen LogP contribution in [0.2, 0.25) is 0 Å². The lowest BCUT2D eigenvalue weighted by Gasteiger charge is -2.14. The molecule has 0 spiro atoms. The van der Waals surface area contributed by atoms with Crippen LogP contribution >= 0.6 is 0 Å². The highest BCUT2D eigenvalue weighted by atomic mass is 16.5. The Bertz CT molecular complexity index is 2590. The molecule has 0 aliphatic rings. The molecule has 0 atom stereocenters. The molecule has 390 valence electrons. The fourth-order valence-corrected chi connectivity index (χ4v) is 7.84. The predicted octanol–water partition coefficient (Wildman–Crippen LogP) is 11.3. The second kappa shape index (κ2) is 31.2. The zero-order valence-corrected chi connectivity index (χ0v) is 42.7. The van der Waals surface area contributed by atoms with Crippen LogP contribution < -0.4 is 28.4 Å². The Balaban J connectivity index is 0.855. The number of rotatable bonds is 36. The normalized spacial score (nSPS) is 10.8. The van der Waals surface area contributed by atoms with Crippen LogP contribution in [0.1, 0.15) is 96.3 Å². The largest absolute Gasteiger partial charge is 0.494 e. The van der Waals surface area contributed by atoms with E-state index in [1.807, 2.05) is 124 Å². The van der Waals surface area contributed by atoms with Gasteiger partial charge in [0.2, 0.25) is 0 Å². The molecule has 0 amide bonds. The van der Waals surface area contributed by atoms with Crippen LogP contribution in [0.5, 0.6) is 34.5 Å². The summed E-state index contributed by atoms with van der Waals surface area (Å²) in [6.07, 6.45) is 17.3. The minimum Gasteiger partial charge on any atom is -0.494 e. The molecular weight excluding hydrogens is 949 g/mol. The summed E-state index contributed by atoms with van der Waals surface area (Å²) < 4.78 is 42.5. The highest BCUT2D eigenvalue weighted by Gasteiger charge is 2.11. The molecular formula is C57H66N12O6. The van der Waals surface area contributed by atoms with Gasteiger partial charge in [-0.25, -0.2) is 0 Å². The van der Waals surface area contributed by atoms with Crippen LogP contribution in [0.4, 0.5) is 0 Å². The molecule has 75 heavy (non-hydrogen) atoms. The highest BCUT2D eigenvalue weighted by molar-refractivity contribution is 5.61. The Morgan fingerprint density at radius 2 is 0.613 bits per heavy atom. The van der Waals surface area contributed by atoms with Crippen LogP contribution in [0, 0.1) is 34.0 Å². The number of unbranched alkanes of at least 4 members (excludes halogenated alkanes) is 9. The molecule has 0 saturated heterocycles. The van der Waals surface area contributed by atoms with Crippen LogP contribution in [0.15, 0.2) is 110 Å². The summed E-state index contributed by atoms with van der Waals surface area (Å²) in [5.41, 5.74) is 5.14. The highest BCUT2D eigenvalue weighted by Crippen LogP contribution is 2.30. The molecule has 4 aromatic carbocycles. The molecule has 3 heterocycles. The van der Waals surface area contributed by atoms with Crippen molar-refractivity contribution in [3.8, 4) is 86.5 Å². The van der Waals surface area contributed by atoms with Crippen molar-refractivity contribution in [2.75, 3.05) is 39.6 Å². The van der Waals surface area contributed by atoms with Gasteiger partial charge in [-0.1, -0.05) is 52.0 Å². The zero-order valence-electron chi connectivity index (χ0n) is 42.7. The molecule has 3 aromatic heterocycles. The summed E-state index contributed by atoms with van der Waals surface area (Å²) in [4.78, 5) is 0. The first kappa shape index (κ1) is 54.3. The van der Waals surface area contributed by atoms with Crippen molar-refractivity contribution >= 4 is 0 Å². The van der Waals surface area contributed by atoms with E-state index in [1.54, 1.807) is 0 Å². The van der Waals surface area contributed by atoms with E-state index < -0.39 is 0 Å². The van der Waals surface area contributed by atoms with Gasteiger partial charge in [0.25, 0.3) is 0 Å². The lowest BCUT2D eigenvalue weighted by Crippen LogP contribution is -2.05. The van der Waals surface area contributed by atoms with Gasteiger partial charge in [0.05, 0.1) is 76.4 Å². The van der Waals surface area contributed by atoms with Gasteiger partial charge in [-0.3, -0.25) is 14.0 Å². The topological polar surface area (TPSA) is 219 Å². The fraction of sp³-hybridized carbons (Fsp3) is 0.421. The molecule has 0 aliphatic carbocycles. The van der Waals surface area contributed by atoms with Gasteiger partial charge >= 0.3 is 0 Å². The van der Waals surface area contributed by atoms with E-state index in [1.165, 1.54) is 0 Å². The minimum atomic E-state index is 0.490. The van der Waals surface area contributed by atoms with Gasteiger partial charge in [0, 0.05) is 73.8 Å². The van der Waals surface area contributed by atoms with Crippen LogP contribution in [0.3, 0.4) is 0 Å². The van der Waals surface area contributed by atoms with Crippen molar-refractivity contribution in [2.24, 2.45) is 0 Å². The average Bonchev–Trinajstić information content (AvgIpc) is 4.24. The number of nitrogens with zero attached hydrogens (tertiary/aromatic N) is 12. The molecule has 7 rings (SSSR count). The molecule has 0 saturated carbocycles. The maximum absolute atomic E-state index is 8.80. The number of hydrogen-bond acceptors (Lipinski definition) is 15. The fourth-order valence-electron chi connectivity index (χ4n) is 7.84. The molecule has 7 aromatic rings. The zero-order chi connectivity index (χ0) is 52.0. The third kappa shape index (κ3) is 19.2. The van der Waals surface area contributed by atoms with Crippen molar-refractivity contribution in [3.63, 3.8) is 0 Å². The lowest BCUT2D eigenvalue weighted by atomic mass is 10.1. The number of benzene rings is 4. The van der Waals surface area contributed by atoms with E-state index in [0.29, 0.717) is 76.2 Å². The van der Waals surface area contributed by atoms with Crippen LogP contribution in [0.25, 0.3) is 33.8 Å². The quantitative estimate of drug-likeness (QED) is 0.0334. The Hall–Kier alpha value is -8.43. The van der Waals surface area contributed by atoms with Gasteiger partial charge < -0.3 is 28.4 Å². The van der Waals surface area contributed by atoms with E-state index in [9.17, 15) is 0 Å². The molecule has 0 aliphatic heterocycles. The van der Waals surface area contributed by atoms with Gasteiger partial charge in [-0.05, 0) is 113 Å². The number of aromatic nitrogens is 9. The first-order chi connectivity index (χ1) is 37.0. The van der Waals surface area contributed by atoms with Crippen molar-refractivity contribution in [1.82, 2.24) is 45.0 Å². The molecule has 0 bridgehead atoms. The monoisotopic (exact) mass is 1010 g/mol. The third-order valence-corrected chi connectivity index (χ3v) is 11.9. The first-order valence-corrected chi connectivity index (χ1v) is 26.1. The average molecular weight is 1020 g/mol. The second-order valence-electron chi connectivity index (χ2n) is 17.9. The van der Waals surface area contributed by atoms with E-state index in [4.69, 9.17) is 44.2 Å². The summed E-state index contributed by atoms with van der Waals surface area (Å²) in [5, 5.41) is 52.1. The van der Waals surface area contributed by atoms with Gasteiger partial charge in [-0.2, -0.15) is 15.8 Å². The number of hydrogen-bond donors (Lipinski definition) is 0. The van der Waals surface area contributed by atoms with Gasteiger partial charge in [-0.15, -0.1) is 15.3 Å². The second-order valence-corrected chi connectivity index (χ2v) is 17.9. The Morgan fingerprint density at radius 3 is 0.893 bits per heavy atom. The minimum absolute atomic E-state index is 0.490. The van der Waals surface area contributed by atoms with Crippen molar-refractivity contribution in [2.45, 2.75) is 116 Å². The Kier molecular flexibility index (Phi) is 22.6. The summed E-state index contributed by atoms with van der Waals surface area (Å²) in [6.45, 7) is 5.24. The van der Waals surface area contributed by atoms with Crippen LogP contribution in [-0.2, 0) is 19.6 Å². The molecule has 0 radical (unpaired) electrons. The van der Waals surface area contributed by atoms with Gasteiger partial charge in [0.15, 0.2) is 0 Å². The Morgan fingerprint density at radius 1 is 0.333 bits per heavy atom. The van der Waals surface area contributed by atoms with E-state index in [0.717, 1.165) is 148 Å². The van der Waals surface area contributed by atoms with Crippen LogP contribution in [-0.4, -0.2) is 84.6 Å². The lowest BCUT2D eigenvalue weighted by molar-refractivity contribution is 0.251. The predicted molar refractivity (Wildman–Crippen MR) is 282 cm³/mol. The maximum atomic E-state index is 8.80. The van der Waals surface area contributed by atoms with Crippen molar-refractivity contribution in [1.29, 1.82) is 15.8 Å². The number of nitriles is 3. The summed E-state index contributed by atoms with van der Waals surface area (Å²) in [6, 6.07) is 35.9. The number of ether oxygens (including phenoxy) is 6. The van der Waals surface area contributed by atoms with Crippen molar-refractivity contribution in [3.05, 3.63) is 110 Å².